The average Bonchev–Trinajstić information content (AvgIpc) is 2.35. The van der Waals surface area contributed by atoms with Crippen LogP contribution in [0.25, 0.3) is 0 Å². The first-order chi connectivity index (χ1) is 7.81. The Morgan fingerprint density at radius 2 is 2.12 bits per heavy atom. The molecule has 1 amide bonds. The highest BCUT2D eigenvalue weighted by Crippen LogP contribution is 2.16. The average molecular weight is 255 g/mol. The van der Waals surface area contributed by atoms with Gasteiger partial charge in [0.05, 0.1) is 6.04 Å². The number of amides is 1. The van der Waals surface area contributed by atoms with Crippen molar-refractivity contribution in [2.24, 2.45) is 0 Å². The van der Waals surface area contributed by atoms with Crippen LogP contribution in [-0.2, 0) is 17.8 Å². The summed E-state index contributed by atoms with van der Waals surface area (Å²) in [6.45, 7) is 3.61. The zero-order valence-corrected chi connectivity index (χ0v) is 10.8. The minimum Gasteiger partial charge on any atom is -0.355 e. The maximum atomic E-state index is 11.8. The number of benzene rings is 1. The molecule has 0 saturated carbocycles. The molecular formula is C13H19ClN2O. The van der Waals surface area contributed by atoms with Crippen molar-refractivity contribution in [3.05, 3.63) is 35.4 Å². The second-order valence-corrected chi connectivity index (χ2v) is 4.20. The first-order valence-corrected chi connectivity index (χ1v) is 5.89. The zero-order chi connectivity index (χ0) is 11.4. The van der Waals surface area contributed by atoms with Gasteiger partial charge in [0.15, 0.2) is 0 Å². The van der Waals surface area contributed by atoms with Crippen molar-refractivity contribution in [3.63, 3.8) is 0 Å². The molecule has 1 aliphatic rings. The minimum absolute atomic E-state index is 0. The number of fused-ring (bicyclic) bond motifs is 1. The van der Waals surface area contributed by atoms with E-state index in [1.807, 2.05) is 12.1 Å². The second-order valence-electron chi connectivity index (χ2n) is 4.20. The molecule has 2 rings (SSSR count). The van der Waals surface area contributed by atoms with Crippen molar-refractivity contribution in [2.45, 2.75) is 32.4 Å². The highest BCUT2D eigenvalue weighted by atomic mass is 35.5. The molecule has 2 N–H and O–H groups in total. The van der Waals surface area contributed by atoms with Crippen LogP contribution in [0.2, 0.25) is 0 Å². The van der Waals surface area contributed by atoms with Crippen LogP contribution < -0.4 is 10.6 Å². The van der Waals surface area contributed by atoms with Gasteiger partial charge in [-0.3, -0.25) is 4.79 Å². The summed E-state index contributed by atoms with van der Waals surface area (Å²) in [5.41, 5.74) is 2.60. The van der Waals surface area contributed by atoms with Gasteiger partial charge in [-0.25, -0.2) is 0 Å². The Morgan fingerprint density at radius 1 is 1.41 bits per heavy atom. The van der Waals surface area contributed by atoms with E-state index in [1.54, 1.807) is 0 Å². The summed E-state index contributed by atoms with van der Waals surface area (Å²) >= 11 is 0. The summed E-state index contributed by atoms with van der Waals surface area (Å²) in [5, 5.41) is 6.20. The summed E-state index contributed by atoms with van der Waals surface area (Å²) in [6, 6.07) is 8.23. The Morgan fingerprint density at radius 3 is 2.82 bits per heavy atom. The molecule has 1 aromatic rings. The molecule has 1 heterocycles. The minimum atomic E-state index is -0.0681. The first kappa shape index (κ1) is 14.0. The Bertz CT molecular complexity index is 381. The summed E-state index contributed by atoms with van der Waals surface area (Å²) in [6.07, 6.45) is 1.78. The molecule has 1 atom stereocenters. The van der Waals surface area contributed by atoms with Crippen molar-refractivity contribution in [2.75, 3.05) is 6.54 Å². The van der Waals surface area contributed by atoms with E-state index in [1.165, 1.54) is 11.1 Å². The van der Waals surface area contributed by atoms with Gasteiger partial charge >= 0.3 is 0 Å². The summed E-state index contributed by atoms with van der Waals surface area (Å²) < 4.78 is 0. The lowest BCUT2D eigenvalue weighted by Gasteiger charge is -2.25. The third-order valence-electron chi connectivity index (χ3n) is 2.95. The molecule has 17 heavy (non-hydrogen) atoms. The highest BCUT2D eigenvalue weighted by molar-refractivity contribution is 5.85. The van der Waals surface area contributed by atoms with E-state index in [0.29, 0.717) is 0 Å². The van der Waals surface area contributed by atoms with E-state index in [0.717, 1.165) is 25.9 Å². The van der Waals surface area contributed by atoms with E-state index in [2.05, 4.69) is 29.7 Å². The van der Waals surface area contributed by atoms with Crippen LogP contribution in [-0.4, -0.2) is 18.5 Å². The van der Waals surface area contributed by atoms with Crippen molar-refractivity contribution in [1.29, 1.82) is 0 Å². The molecule has 0 spiro atoms. The Kier molecular flexibility index (Phi) is 5.45. The van der Waals surface area contributed by atoms with Gasteiger partial charge in [-0.05, 0) is 24.0 Å². The molecule has 1 unspecified atom stereocenters. The lowest BCUT2D eigenvalue weighted by molar-refractivity contribution is -0.123. The van der Waals surface area contributed by atoms with Crippen LogP contribution in [0, 0.1) is 0 Å². The molecule has 0 aromatic heterocycles. The second kappa shape index (κ2) is 6.62. The maximum absolute atomic E-state index is 11.8. The molecule has 0 radical (unpaired) electrons. The molecule has 94 valence electrons. The van der Waals surface area contributed by atoms with Crippen molar-refractivity contribution in [3.8, 4) is 0 Å². The largest absolute Gasteiger partial charge is 0.355 e. The number of nitrogens with one attached hydrogen (secondary N) is 2. The standard InChI is InChI=1S/C13H18N2O.ClH/c1-2-7-14-13(16)12-8-10-5-3-4-6-11(10)9-15-12;/h3-6,12,15H,2,7-9H2,1H3,(H,14,16);1H. The Balaban J connectivity index is 0.00000144. The number of hydrogen-bond donors (Lipinski definition) is 2. The number of halogens is 1. The molecule has 0 fully saturated rings. The van der Waals surface area contributed by atoms with E-state index in [4.69, 9.17) is 0 Å². The third kappa shape index (κ3) is 3.45. The number of hydrogen-bond acceptors (Lipinski definition) is 2. The smallest absolute Gasteiger partial charge is 0.237 e. The van der Waals surface area contributed by atoms with Gasteiger partial charge in [0.25, 0.3) is 0 Å². The van der Waals surface area contributed by atoms with Crippen molar-refractivity contribution < 1.29 is 4.79 Å². The Hall–Kier alpha value is -1.06. The number of carbonyl (C=O) groups excluding carboxylic acids is 1. The third-order valence-corrected chi connectivity index (χ3v) is 2.95. The molecule has 0 bridgehead atoms. The van der Waals surface area contributed by atoms with Gasteiger partial charge in [-0.15, -0.1) is 12.4 Å². The van der Waals surface area contributed by atoms with Crippen LogP contribution in [0.3, 0.4) is 0 Å². The quantitative estimate of drug-likeness (QED) is 0.861. The predicted octanol–water partition coefficient (Wildman–Crippen LogP) is 1.65. The van der Waals surface area contributed by atoms with Gasteiger partial charge in [-0.2, -0.15) is 0 Å². The van der Waals surface area contributed by atoms with Gasteiger partial charge in [0.1, 0.15) is 0 Å². The van der Waals surface area contributed by atoms with Crippen LogP contribution in [0.4, 0.5) is 0 Å². The van der Waals surface area contributed by atoms with Gasteiger partial charge in [-0.1, -0.05) is 31.2 Å². The van der Waals surface area contributed by atoms with E-state index < -0.39 is 0 Å². The van der Waals surface area contributed by atoms with E-state index in [-0.39, 0.29) is 24.4 Å². The lowest BCUT2D eigenvalue weighted by atomic mass is 9.95. The maximum Gasteiger partial charge on any atom is 0.237 e. The van der Waals surface area contributed by atoms with E-state index >= 15 is 0 Å². The first-order valence-electron chi connectivity index (χ1n) is 5.89. The monoisotopic (exact) mass is 254 g/mol. The lowest BCUT2D eigenvalue weighted by Crippen LogP contribution is -2.47. The summed E-state index contributed by atoms with van der Waals surface area (Å²) in [5.74, 6) is 0.122. The molecule has 4 heteroatoms. The van der Waals surface area contributed by atoms with Crippen LogP contribution in [0.1, 0.15) is 24.5 Å². The molecule has 0 saturated heterocycles. The van der Waals surface area contributed by atoms with E-state index in [9.17, 15) is 4.79 Å². The van der Waals surface area contributed by atoms with Crippen molar-refractivity contribution >= 4 is 18.3 Å². The van der Waals surface area contributed by atoms with Gasteiger partial charge in [0, 0.05) is 13.1 Å². The Labute approximate surface area is 108 Å². The van der Waals surface area contributed by atoms with Gasteiger partial charge in [0.2, 0.25) is 5.91 Å². The fraction of sp³-hybridized carbons (Fsp3) is 0.462. The van der Waals surface area contributed by atoms with Crippen LogP contribution in [0.15, 0.2) is 24.3 Å². The fourth-order valence-corrected chi connectivity index (χ4v) is 2.01. The molecule has 1 aromatic carbocycles. The number of carbonyl (C=O) groups is 1. The molecule has 1 aliphatic heterocycles. The summed E-state index contributed by atoms with van der Waals surface area (Å²) in [4.78, 5) is 11.8. The van der Waals surface area contributed by atoms with Crippen LogP contribution >= 0.6 is 12.4 Å². The van der Waals surface area contributed by atoms with Gasteiger partial charge < -0.3 is 10.6 Å². The predicted molar refractivity (Wildman–Crippen MR) is 71.3 cm³/mol. The fourth-order valence-electron chi connectivity index (χ4n) is 2.01. The SMILES string of the molecule is CCCNC(=O)C1Cc2ccccc2CN1.Cl. The molecule has 3 nitrogen and oxygen atoms in total. The number of rotatable bonds is 3. The zero-order valence-electron chi connectivity index (χ0n) is 10.0. The molecule has 0 aliphatic carbocycles. The van der Waals surface area contributed by atoms with Crippen molar-refractivity contribution in [1.82, 2.24) is 10.6 Å². The van der Waals surface area contributed by atoms with Crippen LogP contribution in [0.5, 0.6) is 0 Å². The highest BCUT2D eigenvalue weighted by Gasteiger charge is 2.22. The topological polar surface area (TPSA) is 41.1 Å². The molecular weight excluding hydrogens is 236 g/mol. The normalized spacial score (nSPS) is 17.8. The summed E-state index contributed by atoms with van der Waals surface area (Å²) in [7, 11) is 0.